The van der Waals surface area contributed by atoms with Crippen LogP contribution in [0.25, 0.3) is 0 Å². The highest BCUT2D eigenvalue weighted by atomic mass is 19.2. The van der Waals surface area contributed by atoms with Gasteiger partial charge in [0, 0.05) is 6.04 Å². The maximum Gasteiger partial charge on any atom is 0.159 e. The Hall–Kier alpha value is -0.960. The van der Waals surface area contributed by atoms with Crippen molar-refractivity contribution < 1.29 is 8.78 Å². The van der Waals surface area contributed by atoms with Crippen LogP contribution in [0.15, 0.2) is 18.2 Å². The molecule has 0 radical (unpaired) electrons. The van der Waals surface area contributed by atoms with Gasteiger partial charge in [-0.3, -0.25) is 0 Å². The quantitative estimate of drug-likeness (QED) is 0.853. The first kappa shape index (κ1) is 13.5. The molecule has 0 heterocycles. The molecule has 1 aliphatic rings. The molecule has 0 spiro atoms. The lowest BCUT2D eigenvalue weighted by atomic mass is 9.90. The maximum atomic E-state index is 13.3. The topological polar surface area (TPSA) is 12.0 Å². The van der Waals surface area contributed by atoms with Crippen molar-refractivity contribution in [1.82, 2.24) is 5.32 Å². The molecule has 1 aromatic carbocycles. The summed E-state index contributed by atoms with van der Waals surface area (Å²) in [5.41, 5.74) is 0.859. The van der Waals surface area contributed by atoms with E-state index in [4.69, 9.17) is 0 Å². The number of hydrogen-bond donors (Lipinski definition) is 1. The van der Waals surface area contributed by atoms with E-state index in [1.165, 1.54) is 37.8 Å². The van der Waals surface area contributed by atoms with Crippen LogP contribution in [0, 0.1) is 23.5 Å². The molecule has 0 amide bonds. The van der Waals surface area contributed by atoms with Gasteiger partial charge in [-0.1, -0.05) is 25.8 Å². The van der Waals surface area contributed by atoms with Crippen molar-refractivity contribution in [3.05, 3.63) is 35.4 Å². The second kappa shape index (κ2) is 5.79. The first-order valence-corrected chi connectivity index (χ1v) is 6.78. The van der Waals surface area contributed by atoms with Crippen LogP contribution in [-0.2, 0) is 0 Å². The summed E-state index contributed by atoms with van der Waals surface area (Å²) in [6, 6.07) is 4.38. The molecule has 18 heavy (non-hydrogen) atoms. The normalized spacial score (nSPS) is 25.3. The van der Waals surface area contributed by atoms with Gasteiger partial charge in [-0.25, -0.2) is 8.78 Å². The molecule has 3 unspecified atom stereocenters. The van der Waals surface area contributed by atoms with Gasteiger partial charge in [0.2, 0.25) is 0 Å². The number of rotatable bonds is 4. The van der Waals surface area contributed by atoms with Crippen LogP contribution in [-0.4, -0.2) is 7.05 Å². The summed E-state index contributed by atoms with van der Waals surface area (Å²) in [7, 11) is 1.89. The average Bonchev–Trinajstić information content (AvgIpc) is 2.83. The first-order valence-electron chi connectivity index (χ1n) is 6.78. The average molecular weight is 253 g/mol. The Bertz CT molecular complexity index is 405. The summed E-state index contributed by atoms with van der Waals surface area (Å²) >= 11 is 0. The summed E-state index contributed by atoms with van der Waals surface area (Å²) in [5, 5.41) is 3.26. The Labute approximate surface area is 108 Å². The molecule has 3 heteroatoms. The smallest absolute Gasteiger partial charge is 0.159 e. The van der Waals surface area contributed by atoms with Gasteiger partial charge in [0.15, 0.2) is 11.6 Å². The molecule has 1 nitrogen and oxygen atoms in total. The highest BCUT2D eigenvalue weighted by Gasteiger charge is 2.30. The Morgan fingerprint density at radius 1 is 1.28 bits per heavy atom. The van der Waals surface area contributed by atoms with E-state index < -0.39 is 11.6 Å². The van der Waals surface area contributed by atoms with E-state index in [0.717, 1.165) is 11.5 Å². The molecular formula is C15H21F2N. The van der Waals surface area contributed by atoms with Crippen molar-refractivity contribution in [1.29, 1.82) is 0 Å². The van der Waals surface area contributed by atoms with E-state index in [9.17, 15) is 8.78 Å². The molecule has 0 saturated heterocycles. The lowest BCUT2D eigenvalue weighted by Gasteiger charge is -2.24. The van der Waals surface area contributed by atoms with Crippen molar-refractivity contribution in [3.8, 4) is 0 Å². The number of benzene rings is 1. The summed E-state index contributed by atoms with van der Waals surface area (Å²) in [6.45, 7) is 2.22. The zero-order chi connectivity index (χ0) is 13.1. The van der Waals surface area contributed by atoms with E-state index in [0.29, 0.717) is 5.92 Å². The van der Waals surface area contributed by atoms with Gasteiger partial charge in [-0.15, -0.1) is 0 Å². The van der Waals surface area contributed by atoms with Gasteiger partial charge in [0.25, 0.3) is 0 Å². The minimum Gasteiger partial charge on any atom is -0.313 e. The minimum atomic E-state index is -0.772. The monoisotopic (exact) mass is 253 g/mol. The standard InChI is InChI=1S/C15H21F2N/c1-3-10-4-5-11(8-10)15(18-2)12-6-7-13(16)14(17)9-12/h6-7,9-11,15,18H,3-5,8H2,1-2H3. The largest absolute Gasteiger partial charge is 0.313 e. The van der Waals surface area contributed by atoms with Crippen molar-refractivity contribution in [2.24, 2.45) is 11.8 Å². The second-order valence-electron chi connectivity index (χ2n) is 5.29. The van der Waals surface area contributed by atoms with Crippen LogP contribution in [0.5, 0.6) is 0 Å². The highest BCUT2D eigenvalue weighted by molar-refractivity contribution is 5.22. The van der Waals surface area contributed by atoms with Gasteiger partial charge >= 0.3 is 0 Å². The van der Waals surface area contributed by atoms with Crippen molar-refractivity contribution in [2.75, 3.05) is 7.05 Å². The molecule has 0 aromatic heterocycles. The fourth-order valence-electron chi connectivity index (χ4n) is 3.17. The van der Waals surface area contributed by atoms with Crippen LogP contribution in [0.2, 0.25) is 0 Å². The lowest BCUT2D eigenvalue weighted by molar-refractivity contribution is 0.370. The Morgan fingerprint density at radius 3 is 2.61 bits per heavy atom. The van der Waals surface area contributed by atoms with Crippen LogP contribution < -0.4 is 5.32 Å². The van der Waals surface area contributed by atoms with Gasteiger partial charge in [0.05, 0.1) is 0 Å². The molecular weight excluding hydrogens is 232 g/mol. The van der Waals surface area contributed by atoms with Gasteiger partial charge in [0.1, 0.15) is 0 Å². The first-order chi connectivity index (χ1) is 8.65. The van der Waals surface area contributed by atoms with Crippen molar-refractivity contribution in [3.63, 3.8) is 0 Å². The molecule has 2 rings (SSSR count). The third-order valence-corrected chi connectivity index (χ3v) is 4.24. The Kier molecular flexibility index (Phi) is 4.33. The Balaban J connectivity index is 2.15. The molecule has 1 N–H and O–H groups in total. The zero-order valence-electron chi connectivity index (χ0n) is 11.0. The van der Waals surface area contributed by atoms with E-state index in [-0.39, 0.29) is 6.04 Å². The number of nitrogens with one attached hydrogen (secondary N) is 1. The van der Waals surface area contributed by atoms with Crippen molar-refractivity contribution in [2.45, 2.75) is 38.6 Å². The summed E-state index contributed by atoms with van der Waals surface area (Å²) in [5.74, 6) is -0.204. The van der Waals surface area contributed by atoms with E-state index in [1.807, 2.05) is 7.05 Å². The zero-order valence-corrected chi connectivity index (χ0v) is 11.0. The van der Waals surface area contributed by atoms with E-state index >= 15 is 0 Å². The van der Waals surface area contributed by atoms with Crippen LogP contribution in [0.1, 0.15) is 44.2 Å². The number of hydrogen-bond acceptors (Lipinski definition) is 1. The SMILES string of the molecule is CCC1CCC(C(NC)c2ccc(F)c(F)c2)C1. The Morgan fingerprint density at radius 2 is 2.06 bits per heavy atom. The predicted octanol–water partition coefficient (Wildman–Crippen LogP) is 4.05. The molecule has 1 aliphatic carbocycles. The fraction of sp³-hybridized carbons (Fsp3) is 0.600. The van der Waals surface area contributed by atoms with Crippen LogP contribution in [0.3, 0.4) is 0 Å². The van der Waals surface area contributed by atoms with E-state index in [2.05, 4.69) is 12.2 Å². The second-order valence-corrected chi connectivity index (χ2v) is 5.29. The third-order valence-electron chi connectivity index (χ3n) is 4.24. The molecule has 100 valence electrons. The summed E-state index contributed by atoms with van der Waals surface area (Å²) < 4.78 is 26.3. The van der Waals surface area contributed by atoms with Gasteiger partial charge < -0.3 is 5.32 Å². The van der Waals surface area contributed by atoms with Crippen molar-refractivity contribution >= 4 is 0 Å². The summed E-state index contributed by atoms with van der Waals surface area (Å²) in [4.78, 5) is 0. The third kappa shape index (κ3) is 2.72. The minimum absolute atomic E-state index is 0.136. The van der Waals surface area contributed by atoms with E-state index in [1.54, 1.807) is 6.07 Å². The molecule has 0 bridgehead atoms. The molecule has 0 aliphatic heterocycles. The lowest BCUT2D eigenvalue weighted by Crippen LogP contribution is -2.24. The highest BCUT2D eigenvalue weighted by Crippen LogP contribution is 2.40. The molecule has 1 saturated carbocycles. The van der Waals surface area contributed by atoms with Gasteiger partial charge in [-0.05, 0) is 49.4 Å². The molecule has 1 aromatic rings. The van der Waals surface area contributed by atoms with Gasteiger partial charge in [-0.2, -0.15) is 0 Å². The molecule has 3 atom stereocenters. The summed E-state index contributed by atoms with van der Waals surface area (Å²) in [6.07, 6.45) is 4.82. The van der Waals surface area contributed by atoms with Crippen LogP contribution in [0.4, 0.5) is 8.78 Å². The number of halogens is 2. The van der Waals surface area contributed by atoms with Crippen LogP contribution >= 0.6 is 0 Å². The molecule has 1 fully saturated rings. The fourth-order valence-corrected chi connectivity index (χ4v) is 3.17. The predicted molar refractivity (Wildman–Crippen MR) is 69.3 cm³/mol. The maximum absolute atomic E-state index is 13.3.